The van der Waals surface area contributed by atoms with E-state index in [1.807, 2.05) is 6.07 Å². The van der Waals surface area contributed by atoms with Crippen molar-refractivity contribution in [3.63, 3.8) is 0 Å². The minimum atomic E-state index is -4.49. The Labute approximate surface area is 150 Å². The molecule has 1 atom stereocenters. The quantitative estimate of drug-likeness (QED) is 0.497. The van der Waals surface area contributed by atoms with Crippen LogP contribution in [0.4, 0.5) is 13.2 Å². The van der Waals surface area contributed by atoms with Crippen LogP contribution in [0.25, 0.3) is 11.1 Å². The lowest BCUT2D eigenvalue weighted by atomic mass is 9.86. The fraction of sp³-hybridized carbons (Fsp3) is 0.368. The van der Waals surface area contributed by atoms with Crippen molar-refractivity contribution < 1.29 is 13.2 Å². The molecule has 0 fully saturated rings. The maximum absolute atomic E-state index is 13.2. The lowest BCUT2D eigenvalue weighted by Crippen LogP contribution is -2.06. The highest BCUT2D eigenvalue weighted by Gasteiger charge is 2.33. The molecule has 0 saturated carbocycles. The van der Waals surface area contributed by atoms with E-state index in [1.54, 1.807) is 18.2 Å². The molecule has 0 aromatic heterocycles. The number of halogens is 5. The van der Waals surface area contributed by atoms with Crippen LogP contribution in [-0.2, 0) is 6.18 Å². The van der Waals surface area contributed by atoms with E-state index in [0.29, 0.717) is 10.6 Å². The number of benzene rings is 2. The Bertz CT molecular complexity index is 708. The van der Waals surface area contributed by atoms with E-state index in [4.69, 9.17) is 23.2 Å². The van der Waals surface area contributed by atoms with E-state index in [-0.39, 0.29) is 10.9 Å². The van der Waals surface area contributed by atoms with Crippen LogP contribution in [0, 0.1) is 0 Å². The van der Waals surface area contributed by atoms with Gasteiger partial charge in [0.2, 0.25) is 0 Å². The molecular formula is C19H19Cl2F3. The molecule has 0 aliphatic rings. The summed E-state index contributed by atoms with van der Waals surface area (Å²) in [5.74, 6) is 0.285. The zero-order chi connectivity index (χ0) is 17.9. The Balaban J connectivity index is 2.62. The number of hydrogen-bond donors (Lipinski definition) is 0. The van der Waals surface area contributed by atoms with Crippen molar-refractivity contribution in [1.29, 1.82) is 0 Å². The van der Waals surface area contributed by atoms with Gasteiger partial charge in [-0.25, -0.2) is 0 Å². The van der Waals surface area contributed by atoms with Crippen LogP contribution in [0.5, 0.6) is 0 Å². The summed E-state index contributed by atoms with van der Waals surface area (Å²) in [6, 6.07) is 9.47. The summed E-state index contributed by atoms with van der Waals surface area (Å²) in [7, 11) is 0. The topological polar surface area (TPSA) is 0 Å². The van der Waals surface area contributed by atoms with Crippen LogP contribution in [0.2, 0.25) is 10.0 Å². The molecule has 0 N–H and O–H groups in total. The summed E-state index contributed by atoms with van der Waals surface area (Å²) < 4.78 is 39.5. The van der Waals surface area contributed by atoms with Crippen LogP contribution >= 0.6 is 23.2 Å². The molecular weight excluding hydrogens is 356 g/mol. The molecule has 0 nitrogen and oxygen atoms in total. The summed E-state index contributed by atoms with van der Waals surface area (Å²) in [5.41, 5.74) is 1.43. The van der Waals surface area contributed by atoms with Gasteiger partial charge in [-0.2, -0.15) is 13.2 Å². The average molecular weight is 375 g/mol. The standard InChI is InChI=1S/C19H19Cl2F3/c1-3-5-12(4-2)15-8-7-14(20)11-16(15)13-6-9-18(21)17(10-13)19(22,23)24/h6-12H,3-5H2,1-2H3. The summed E-state index contributed by atoms with van der Waals surface area (Å²) in [6.45, 7) is 4.18. The predicted octanol–water partition coefficient (Wildman–Crippen LogP) is 7.97. The molecule has 130 valence electrons. The van der Waals surface area contributed by atoms with Crippen LogP contribution in [0.3, 0.4) is 0 Å². The molecule has 2 aromatic carbocycles. The Morgan fingerprint density at radius 3 is 2.29 bits per heavy atom. The van der Waals surface area contributed by atoms with Gasteiger partial charge in [0.1, 0.15) is 0 Å². The first-order valence-corrected chi connectivity index (χ1v) is 8.70. The number of hydrogen-bond acceptors (Lipinski definition) is 0. The van der Waals surface area contributed by atoms with Gasteiger partial charge in [0.15, 0.2) is 0 Å². The summed E-state index contributed by atoms with van der Waals surface area (Å²) in [6.07, 6.45) is -1.58. The predicted molar refractivity (Wildman–Crippen MR) is 94.8 cm³/mol. The van der Waals surface area contributed by atoms with Crippen LogP contribution < -0.4 is 0 Å². The normalized spacial score (nSPS) is 13.1. The Hall–Kier alpha value is -1.19. The van der Waals surface area contributed by atoms with Crippen LogP contribution in [0.1, 0.15) is 50.2 Å². The molecule has 2 rings (SSSR count). The lowest BCUT2D eigenvalue weighted by Gasteiger charge is -2.20. The summed E-state index contributed by atoms with van der Waals surface area (Å²) >= 11 is 11.8. The fourth-order valence-electron chi connectivity index (χ4n) is 2.97. The molecule has 5 heteroatoms. The second kappa shape index (κ2) is 7.79. The second-order valence-electron chi connectivity index (χ2n) is 5.82. The monoisotopic (exact) mass is 374 g/mol. The molecule has 0 aliphatic carbocycles. The average Bonchev–Trinajstić information content (AvgIpc) is 2.52. The summed E-state index contributed by atoms with van der Waals surface area (Å²) in [4.78, 5) is 0. The minimum absolute atomic E-state index is 0.285. The first-order chi connectivity index (χ1) is 11.3. The van der Waals surface area contributed by atoms with Gasteiger partial charge < -0.3 is 0 Å². The molecule has 0 amide bonds. The van der Waals surface area contributed by atoms with Crippen molar-refractivity contribution in [3.8, 4) is 11.1 Å². The first-order valence-electron chi connectivity index (χ1n) is 7.94. The zero-order valence-electron chi connectivity index (χ0n) is 13.6. The number of alkyl halides is 3. The maximum atomic E-state index is 13.2. The Kier molecular flexibility index (Phi) is 6.22. The van der Waals surface area contributed by atoms with E-state index in [2.05, 4.69) is 13.8 Å². The van der Waals surface area contributed by atoms with E-state index < -0.39 is 11.7 Å². The van der Waals surface area contributed by atoms with E-state index in [0.717, 1.165) is 36.5 Å². The van der Waals surface area contributed by atoms with Gasteiger partial charge in [0.05, 0.1) is 10.6 Å². The van der Waals surface area contributed by atoms with Crippen molar-refractivity contribution >= 4 is 23.2 Å². The fourth-order valence-corrected chi connectivity index (χ4v) is 3.37. The third-order valence-corrected chi connectivity index (χ3v) is 4.73. The van der Waals surface area contributed by atoms with E-state index in [1.165, 1.54) is 6.07 Å². The lowest BCUT2D eigenvalue weighted by molar-refractivity contribution is -0.137. The molecule has 0 aliphatic heterocycles. The third kappa shape index (κ3) is 4.25. The van der Waals surface area contributed by atoms with Gasteiger partial charge in [-0.05, 0) is 59.7 Å². The van der Waals surface area contributed by atoms with Crippen molar-refractivity contribution in [2.75, 3.05) is 0 Å². The van der Waals surface area contributed by atoms with Crippen LogP contribution in [0.15, 0.2) is 36.4 Å². The van der Waals surface area contributed by atoms with E-state index in [9.17, 15) is 13.2 Å². The molecule has 0 bridgehead atoms. The highest BCUT2D eigenvalue weighted by molar-refractivity contribution is 6.31. The number of rotatable bonds is 5. The highest BCUT2D eigenvalue weighted by Crippen LogP contribution is 2.40. The van der Waals surface area contributed by atoms with Crippen molar-refractivity contribution in [1.82, 2.24) is 0 Å². The smallest absolute Gasteiger partial charge is 0.166 e. The third-order valence-electron chi connectivity index (χ3n) is 4.17. The maximum Gasteiger partial charge on any atom is 0.417 e. The van der Waals surface area contributed by atoms with Gasteiger partial charge >= 0.3 is 6.18 Å². The SMILES string of the molecule is CCCC(CC)c1ccc(Cl)cc1-c1ccc(Cl)c(C(F)(F)F)c1. The largest absolute Gasteiger partial charge is 0.417 e. The van der Waals surface area contributed by atoms with Crippen LogP contribution in [-0.4, -0.2) is 0 Å². The molecule has 24 heavy (non-hydrogen) atoms. The first kappa shape index (κ1) is 19.1. The second-order valence-corrected chi connectivity index (χ2v) is 6.66. The molecule has 0 spiro atoms. The van der Waals surface area contributed by atoms with Gasteiger partial charge in [-0.15, -0.1) is 0 Å². The van der Waals surface area contributed by atoms with Gasteiger partial charge in [0, 0.05) is 5.02 Å². The molecule has 0 saturated heterocycles. The highest BCUT2D eigenvalue weighted by atomic mass is 35.5. The zero-order valence-corrected chi connectivity index (χ0v) is 15.1. The van der Waals surface area contributed by atoms with Gasteiger partial charge in [-0.3, -0.25) is 0 Å². The molecule has 0 radical (unpaired) electrons. The summed E-state index contributed by atoms with van der Waals surface area (Å²) in [5, 5.41) is 0.207. The Morgan fingerprint density at radius 1 is 1.00 bits per heavy atom. The van der Waals surface area contributed by atoms with Gasteiger partial charge in [-0.1, -0.05) is 55.6 Å². The molecule has 1 unspecified atom stereocenters. The van der Waals surface area contributed by atoms with Gasteiger partial charge in [0.25, 0.3) is 0 Å². The van der Waals surface area contributed by atoms with Crippen molar-refractivity contribution in [3.05, 3.63) is 57.6 Å². The van der Waals surface area contributed by atoms with E-state index >= 15 is 0 Å². The molecule has 0 heterocycles. The Morgan fingerprint density at radius 2 is 1.71 bits per heavy atom. The minimum Gasteiger partial charge on any atom is -0.166 e. The van der Waals surface area contributed by atoms with Crippen molar-refractivity contribution in [2.24, 2.45) is 0 Å². The van der Waals surface area contributed by atoms with Crippen molar-refractivity contribution in [2.45, 2.75) is 45.2 Å². The molecule has 2 aromatic rings.